The number of aliphatic hydroxyl groups excluding tert-OH is 2. The van der Waals surface area contributed by atoms with Crippen molar-refractivity contribution < 1.29 is 41.3 Å². The summed E-state index contributed by atoms with van der Waals surface area (Å²) in [6.45, 7) is 7.70. The number of nitrogens with zero attached hydrogens (tertiary/aromatic N) is 4. The number of hydrogen-bond donors (Lipinski definition) is 3. The second kappa shape index (κ2) is 12.4. The minimum atomic E-state index is -4.83. The number of carbonyl (C=O) groups is 1. The summed E-state index contributed by atoms with van der Waals surface area (Å²) in [6, 6.07) is 4.33. The van der Waals surface area contributed by atoms with Crippen LogP contribution >= 0.6 is 0 Å². The Balaban J connectivity index is 1.70. The molecule has 0 saturated carbocycles. The molecular formula is C29H36F3N5O6S. The van der Waals surface area contributed by atoms with Gasteiger partial charge < -0.3 is 25.2 Å². The lowest BCUT2D eigenvalue weighted by Crippen LogP contribution is -2.50. The molecule has 2 atom stereocenters. The zero-order valence-corrected chi connectivity index (χ0v) is 25.8. The standard InChI is InChI=1S/C29H36F3N5O6S/c1-6-44(41,42)20-9-7-18(8-10-20)21(16-39)34-26(40)25-17(2)27(37(35-25)28(3,4)5)43-23-14-33-13-22(24(23)29(30,31)32)36-12-11-19(36)15-38/h7-10,13-14,19,21,38-39H,6,11-12,15-16H2,1-5H3,(H,34,40)/t19-,21?/m0/s1. The molecule has 1 amide bonds. The highest BCUT2D eigenvalue weighted by molar-refractivity contribution is 7.91. The predicted octanol–water partition coefficient (Wildman–Crippen LogP) is 3.98. The Morgan fingerprint density at radius 3 is 2.32 bits per heavy atom. The van der Waals surface area contributed by atoms with Crippen molar-refractivity contribution in [3.63, 3.8) is 0 Å². The van der Waals surface area contributed by atoms with Crippen LogP contribution in [0.3, 0.4) is 0 Å². The average Bonchev–Trinajstić information content (AvgIpc) is 3.27. The molecule has 44 heavy (non-hydrogen) atoms. The number of anilines is 1. The van der Waals surface area contributed by atoms with E-state index < -0.39 is 57.5 Å². The zero-order chi connectivity index (χ0) is 32.6. The van der Waals surface area contributed by atoms with Gasteiger partial charge in [0.1, 0.15) is 5.56 Å². The Morgan fingerprint density at radius 2 is 1.82 bits per heavy atom. The molecule has 1 aromatic carbocycles. The molecule has 0 radical (unpaired) electrons. The van der Waals surface area contributed by atoms with Crippen LogP contribution in [-0.2, 0) is 21.6 Å². The van der Waals surface area contributed by atoms with Crippen molar-refractivity contribution >= 4 is 21.4 Å². The van der Waals surface area contributed by atoms with Crippen molar-refractivity contribution in [1.82, 2.24) is 20.1 Å². The molecule has 1 aliphatic heterocycles. The molecule has 1 unspecified atom stereocenters. The van der Waals surface area contributed by atoms with Crippen LogP contribution < -0.4 is 15.0 Å². The Labute approximate surface area is 253 Å². The average molecular weight is 640 g/mol. The van der Waals surface area contributed by atoms with E-state index >= 15 is 0 Å². The maximum Gasteiger partial charge on any atom is 0.422 e. The molecule has 15 heteroatoms. The lowest BCUT2D eigenvalue weighted by atomic mass is 10.0. The quantitative estimate of drug-likeness (QED) is 0.300. The topological polar surface area (TPSA) is 147 Å². The Morgan fingerprint density at radius 1 is 1.16 bits per heavy atom. The number of aromatic nitrogens is 3. The van der Waals surface area contributed by atoms with E-state index in [1.165, 1.54) is 47.7 Å². The lowest BCUT2D eigenvalue weighted by molar-refractivity contribution is -0.138. The van der Waals surface area contributed by atoms with Gasteiger partial charge in [0.15, 0.2) is 21.3 Å². The van der Waals surface area contributed by atoms with E-state index in [0.29, 0.717) is 18.5 Å². The summed E-state index contributed by atoms with van der Waals surface area (Å²) < 4.78 is 74.8. The number of rotatable bonds is 10. The summed E-state index contributed by atoms with van der Waals surface area (Å²) in [4.78, 5) is 18.9. The van der Waals surface area contributed by atoms with Crippen molar-refractivity contribution in [2.24, 2.45) is 0 Å². The monoisotopic (exact) mass is 639 g/mol. The van der Waals surface area contributed by atoms with Gasteiger partial charge >= 0.3 is 6.18 Å². The second-order valence-corrected chi connectivity index (χ2v) is 13.8. The van der Waals surface area contributed by atoms with Crippen molar-refractivity contribution in [3.8, 4) is 11.6 Å². The molecule has 0 bridgehead atoms. The molecule has 4 rings (SSSR count). The maximum absolute atomic E-state index is 14.4. The summed E-state index contributed by atoms with van der Waals surface area (Å²) in [5.74, 6) is -1.51. The Bertz CT molecular complexity index is 1620. The minimum Gasteiger partial charge on any atom is -0.437 e. The molecule has 3 aromatic rings. The van der Waals surface area contributed by atoms with Crippen LogP contribution in [0.2, 0.25) is 0 Å². The van der Waals surface area contributed by atoms with Gasteiger partial charge in [0.25, 0.3) is 5.91 Å². The van der Waals surface area contributed by atoms with E-state index in [0.717, 1.165) is 12.4 Å². The summed E-state index contributed by atoms with van der Waals surface area (Å²) >= 11 is 0. The molecule has 1 aliphatic rings. The third-order valence-corrected chi connectivity index (χ3v) is 9.22. The van der Waals surface area contributed by atoms with Crippen molar-refractivity contribution in [2.45, 2.75) is 69.7 Å². The first kappa shape index (κ1) is 33.2. The van der Waals surface area contributed by atoms with E-state index in [-0.39, 0.29) is 40.1 Å². The van der Waals surface area contributed by atoms with Gasteiger partial charge in [-0.15, -0.1) is 0 Å². The molecule has 1 saturated heterocycles. The van der Waals surface area contributed by atoms with Gasteiger partial charge in [-0.2, -0.15) is 18.3 Å². The van der Waals surface area contributed by atoms with Gasteiger partial charge in [0.2, 0.25) is 5.88 Å². The molecule has 0 aliphatic carbocycles. The van der Waals surface area contributed by atoms with Gasteiger partial charge in [-0.05, 0) is 51.8 Å². The summed E-state index contributed by atoms with van der Waals surface area (Å²) in [5, 5.41) is 26.7. The predicted molar refractivity (Wildman–Crippen MR) is 156 cm³/mol. The third kappa shape index (κ3) is 6.54. The number of hydrogen-bond acceptors (Lipinski definition) is 9. The van der Waals surface area contributed by atoms with Crippen molar-refractivity contribution in [3.05, 3.63) is 59.0 Å². The van der Waals surface area contributed by atoms with Crippen molar-refractivity contribution in [1.29, 1.82) is 0 Å². The van der Waals surface area contributed by atoms with Crippen LogP contribution in [0.1, 0.15) is 67.3 Å². The van der Waals surface area contributed by atoms with Crippen molar-refractivity contribution in [2.75, 3.05) is 30.4 Å². The SMILES string of the molecule is CCS(=O)(=O)c1ccc(C(CO)NC(=O)c2nn(C(C)(C)C)c(Oc3cncc(N4CC[C@H]4CO)c3C(F)(F)F)c2C)cc1. The zero-order valence-electron chi connectivity index (χ0n) is 25.0. The lowest BCUT2D eigenvalue weighted by Gasteiger charge is -2.42. The number of nitrogens with one attached hydrogen (secondary N) is 1. The van der Waals surface area contributed by atoms with E-state index in [2.05, 4.69) is 15.4 Å². The highest BCUT2D eigenvalue weighted by Crippen LogP contribution is 2.46. The Kier molecular flexibility index (Phi) is 9.33. The van der Waals surface area contributed by atoms with E-state index in [1.807, 2.05) is 0 Å². The molecule has 3 heterocycles. The molecule has 0 spiro atoms. The minimum absolute atomic E-state index is 0.0844. The number of sulfone groups is 1. The van der Waals surface area contributed by atoms with Crippen LogP contribution in [0.5, 0.6) is 11.6 Å². The molecular weight excluding hydrogens is 603 g/mol. The molecule has 240 valence electrons. The smallest absolute Gasteiger partial charge is 0.422 e. The molecule has 11 nitrogen and oxygen atoms in total. The highest BCUT2D eigenvalue weighted by Gasteiger charge is 2.43. The number of benzene rings is 1. The summed E-state index contributed by atoms with van der Waals surface area (Å²) in [7, 11) is -3.45. The fourth-order valence-electron chi connectivity index (χ4n) is 4.87. The summed E-state index contributed by atoms with van der Waals surface area (Å²) in [5.41, 5.74) is -1.68. The van der Waals surface area contributed by atoms with Crippen LogP contribution in [-0.4, -0.2) is 70.9 Å². The van der Waals surface area contributed by atoms with E-state index in [4.69, 9.17) is 4.74 Å². The van der Waals surface area contributed by atoms with Gasteiger partial charge in [-0.3, -0.25) is 9.78 Å². The molecule has 3 N–H and O–H groups in total. The van der Waals surface area contributed by atoms with Gasteiger partial charge in [0.05, 0.1) is 59.6 Å². The fraction of sp³-hybridized carbons (Fsp3) is 0.483. The molecule has 2 aromatic heterocycles. The van der Waals surface area contributed by atoms with E-state index in [9.17, 15) is 36.6 Å². The van der Waals surface area contributed by atoms with Gasteiger partial charge in [-0.1, -0.05) is 19.1 Å². The maximum atomic E-state index is 14.4. The van der Waals surface area contributed by atoms with Crippen LogP contribution in [0.15, 0.2) is 41.6 Å². The van der Waals surface area contributed by atoms with Crippen LogP contribution in [0, 0.1) is 6.92 Å². The number of ether oxygens (including phenoxy) is 1. The number of carbonyl (C=O) groups excluding carboxylic acids is 1. The number of alkyl halides is 3. The first-order valence-electron chi connectivity index (χ1n) is 14.0. The number of aliphatic hydroxyl groups is 2. The fourth-order valence-corrected chi connectivity index (χ4v) is 5.75. The number of halogens is 3. The van der Waals surface area contributed by atoms with Gasteiger partial charge in [0, 0.05) is 12.1 Å². The summed E-state index contributed by atoms with van der Waals surface area (Å²) in [6.07, 6.45) is -2.26. The normalized spacial score (nSPS) is 16.4. The second-order valence-electron chi connectivity index (χ2n) is 11.5. The van der Waals surface area contributed by atoms with Gasteiger partial charge in [-0.25, -0.2) is 13.1 Å². The first-order valence-corrected chi connectivity index (χ1v) is 15.6. The van der Waals surface area contributed by atoms with Crippen LogP contribution in [0.25, 0.3) is 0 Å². The highest BCUT2D eigenvalue weighted by atomic mass is 32.2. The van der Waals surface area contributed by atoms with E-state index in [1.54, 1.807) is 20.8 Å². The largest absolute Gasteiger partial charge is 0.437 e. The molecule has 1 fully saturated rings. The first-order chi connectivity index (χ1) is 20.5. The third-order valence-electron chi connectivity index (χ3n) is 7.47. The number of amides is 1. The Hall–Kier alpha value is -3.69. The number of pyridine rings is 1. The van der Waals surface area contributed by atoms with Crippen LogP contribution in [0.4, 0.5) is 18.9 Å².